The average molecular weight is 253 g/mol. The molecule has 0 fully saturated rings. The lowest BCUT2D eigenvalue weighted by Crippen LogP contribution is -2.20. The average Bonchev–Trinajstić information content (AvgIpc) is 2.34. The van der Waals surface area contributed by atoms with Crippen LogP contribution in [0.1, 0.15) is 6.92 Å². The summed E-state index contributed by atoms with van der Waals surface area (Å²) in [7, 11) is 4.06. The number of hydrogen-bond donors (Lipinski definition) is 1. The Morgan fingerprint density at radius 3 is 2.83 bits per heavy atom. The molecule has 0 aromatic carbocycles. The Balaban J connectivity index is 2.16. The maximum absolute atomic E-state index is 5.48. The van der Waals surface area contributed by atoms with Crippen molar-refractivity contribution in [2.75, 3.05) is 52.3 Å². The summed E-state index contributed by atoms with van der Waals surface area (Å²) in [6.07, 6.45) is 0. The minimum absolute atomic E-state index is 0.629. The zero-order chi connectivity index (χ0) is 13.2. The molecule has 102 valence electrons. The lowest BCUT2D eigenvalue weighted by molar-refractivity contribution is 0.126. The zero-order valence-corrected chi connectivity index (χ0v) is 11.5. The molecular formula is C13H23N3O2. The third-order valence-electron chi connectivity index (χ3n) is 2.25. The van der Waals surface area contributed by atoms with Crippen molar-refractivity contribution in [2.24, 2.45) is 0 Å². The molecule has 0 atom stereocenters. The summed E-state index contributed by atoms with van der Waals surface area (Å²) >= 11 is 0. The first-order valence-corrected chi connectivity index (χ1v) is 6.28. The maximum atomic E-state index is 5.48. The number of ether oxygens (including phenoxy) is 2. The summed E-state index contributed by atoms with van der Waals surface area (Å²) in [6.45, 7) is 5.69. The smallest absolute Gasteiger partial charge is 0.215 e. The summed E-state index contributed by atoms with van der Waals surface area (Å²) in [6, 6.07) is 5.69. The standard InChI is InChI=1S/C13H23N3O2/c1-4-18-13-7-5-6-12(15-13)14-8-10-17-11-9-16(2)3/h5-7H,4,8-11H2,1-3H3,(H,14,15). The minimum Gasteiger partial charge on any atom is -0.478 e. The van der Waals surface area contributed by atoms with E-state index in [1.807, 2.05) is 39.2 Å². The van der Waals surface area contributed by atoms with Crippen molar-refractivity contribution in [1.29, 1.82) is 0 Å². The molecule has 0 aliphatic heterocycles. The van der Waals surface area contributed by atoms with E-state index in [9.17, 15) is 0 Å². The fourth-order valence-electron chi connectivity index (χ4n) is 1.34. The van der Waals surface area contributed by atoms with Crippen LogP contribution < -0.4 is 10.1 Å². The summed E-state index contributed by atoms with van der Waals surface area (Å²) in [5.74, 6) is 1.47. The number of nitrogens with zero attached hydrogens (tertiary/aromatic N) is 2. The van der Waals surface area contributed by atoms with E-state index in [4.69, 9.17) is 9.47 Å². The molecule has 0 aliphatic carbocycles. The molecule has 5 nitrogen and oxygen atoms in total. The van der Waals surface area contributed by atoms with Crippen LogP contribution >= 0.6 is 0 Å². The van der Waals surface area contributed by atoms with Crippen LogP contribution in [0.3, 0.4) is 0 Å². The molecular weight excluding hydrogens is 230 g/mol. The Kier molecular flexibility index (Phi) is 7.13. The number of rotatable bonds is 9. The van der Waals surface area contributed by atoms with Crippen molar-refractivity contribution in [3.05, 3.63) is 18.2 Å². The number of likely N-dealkylation sites (N-methyl/N-ethyl adjacent to an activating group) is 1. The van der Waals surface area contributed by atoms with E-state index in [0.29, 0.717) is 19.1 Å². The number of hydrogen-bond acceptors (Lipinski definition) is 5. The first-order chi connectivity index (χ1) is 8.72. The molecule has 1 rings (SSSR count). The molecule has 1 aromatic rings. The Morgan fingerprint density at radius 2 is 2.11 bits per heavy atom. The van der Waals surface area contributed by atoms with Crippen molar-refractivity contribution in [3.8, 4) is 5.88 Å². The van der Waals surface area contributed by atoms with Gasteiger partial charge in [0.25, 0.3) is 0 Å². The highest BCUT2D eigenvalue weighted by Gasteiger charge is 1.97. The van der Waals surface area contributed by atoms with Crippen molar-refractivity contribution in [1.82, 2.24) is 9.88 Å². The molecule has 1 aromatic heterocycles. The van der Waals surface area contributed by atoms with Gasteiger partial charge in [-0.3, -0.25) is 0 Å². The summed E-state index contributed by atoms with van der Waals surface area (Å²) in [5.41, 5.74) is 0. The van der Waals surface area contributed by atoms with E-state index in [-0.39, 0.29) is 0 Å². The van der Waals surface area contributed by atoms with E-state index in [0.717, 1.165) is 25.5 Å². The molecule has 5 heteroatoms. The van der Waals surface area contributed by atoms with Crippen LogP contribution in [-0.4, -0.2) is 56.9 Å². The lowest BCUT2D eigenvalue weighted by atomic mass is 10.4. The highest BCUT2D eigenvalue weighted by Crippen LogP contribution is 2.10. The van der Waals surface area contributed by atoms with Gasteiger partial charge in [-0.05, 0) is 27.1 Å². The second kappa shape index (κ2) is 8.72. The largest absolute Gasteiger partial charge is 0.478 e. The topological polar surface area (TPSA) is 46.6 Å². The number of anilines is 1. The Labute approximate surface area is 109 Å². The highest BCUT2D eigenvalue weighted by atomic mass is 16.5. The molecule has 0 aliphatic rings. The van der Waals surface area contributed by atoms with Crippen LogP contribution in [0.5, 0.6) is 5.88 Å². The summed E-state index contributed by atoms with van der Waals surface area (Å²) < 4.78 is 10.8. The van der Waals surface area contributed by atoms with Gasteiger partial charge >= 0.3 is 0 Å². The molecule has 0 amide bonds. The van der Waals surface area contributed by atoms with Crippen molar-refractivity contribution < 1.29 is 9.47 Å². The van der Waals surface area contributed by atoms with Gasteiger partial charge in [0.2, 0.25) is 5.88 Å². The van der Waals surface area contributed by atoms with Gasteiger partial charge in [0.15, 0.2) is 0 Å². The molecule has 1 heterocycles. The minimum atomic E-state index is 0.629. The van der Waals surface area contributed by atoms with E-state index >= 15 is 0 Å². The highest BCUT2D eigenvalue weighted by molar-refractivity contribution is 5.36. The predicted molar refractivity (Wildman–Crippen MR) is 73.3 cm³/mol. The van der Waals surface area contributed by atoms with Gasteiger partial charge in [-0.2, -0.15) is 4.98 Å². The van der Waals surface area contributed by atoms with Crippen molar-refractivity contribution in [2.45, 2.75) is 6.92 Å². The van der Waals surface area contributed by atoms with Crippen molar-refractivity contribution >= 4 is 5.82 Å². The first-order valence-electron chi connectivity index (χ1n) is 6.28. The van der Waals surface area contributed by atoms with Gasteiger partial charge in [0.1, 0.15) is 5.82 Å². The predicted octanol–water partition coefficient (Wildman–Crippen LogP) is 1.47. The molecule has 0 radical (unpaired) electrons. The Hall–Kier alpha value is -1.33. The number of pyridine rings is 1. The van der Waals surface area contributed by atoms with Crippen LogP contribution in [0.25, 0.3) is 0 Å². The summed E-state index contributed by atoms with van der Waals surface area (Å²) in [4.78, 5) is 6.41. The quantitative estimate of drug-likeness (QED) is 0.675. The first kappa shape index (κ1) is 14.7. The molecule has 1 N–H and O–H groups in total. The molecule has 0 unspecified atom stereocenters. The van der Waals surface area contributed by atoms with Gasteiger partial charge in [-0.15, -0.1) is 0 Å². The normalized spacial score (nSPS) is 10.7. The Morgan fingerprint density at radius 1 is 1.28 bits per heavy atom. The molecule has 0 saturated carbocycles. The van der Waals surface area contributed by atoms with Gasteiger partial charge < -0.3 is 19.7 Å². The van der Waals surface area contributed by atoms with Gasteiger partial charge in [-0.25, -0.2) is 0 Å². The third-order valence-corrected chi connectivity index (χ3v) is 2.25. The van der Waals surface area contributed by atoms with E-state index in [1.54, 1.807) is 0 Å². The van der Waals surface area contributed by atoms with E-state index < -0.39 is 0 Å². The fraction of sp³-hybridized carbons (Fsp3) is 0.615. The van der Waals surface area contributed by atoms with Crippen LogP contribution in [-0.2, 0) is 4.74 Å². The third kappa shape index (κ3) is 6.42. The van der Waals surface area contributed by atoms with Crippen LogP contribution in [0.4, 0.5) is 5.82 Å². The van der Waals surface area contributed by atoms with Gasteiger partial charge in [0.05, 0.1) is 19.8 Å². The lowest BCUT2D eigenvalue weighted by Gasteiger charge is -2.10. The number of nitrogens with one attached hydrogen (secondary N) is 1. The second-order valence-corrected chi connectivity index (χ2v) is 4.14. The van der Waals surface area contributed by atoms with Crippen LogP contribution in [0.15, 0.2) is 18.2 Å². The van der Waals surface area contributed by atoms with Crippen molar-refractivity contribution in [3.63, 3.8) is 0 Å². The number of aromatic nitrogens is 1. The van der Waals surface area contributed by atoms with Crippen LogP contribution in [0.2, 0.25) is 0 Å². The monoisotopic (exact) mass is 253 g/mol. The zero-order valence-electron chi connectivity index (χ0n) is 11.5. The SMILES string of the molecule is CCOc1cccc(NCCOCCN(C)C)n1. The summed E-state index contributed by atoms with van der Waals surface area (Å²) in [5, 5.41) is 3.20. The maximum Gasteiger partial charge on any atom is 0.215 e. The fourth-order valence-corrected chi connectivity index (χ4v) is 1.34. The van der Waals surface area contributed by atoms with Gasteiger partial charge in [-0.1, -0.05) is 6.07 Å². The van der Waals surface area contributed by atoms with Crippen LogP contribution in [0, 0.1) is 0 Å². The van der Waals surface area contributed by atoms with E-state index in [1.165, 1.54) is 0 Å². The molecule has 18 heavy (non-hydrogen) atoms. The van der Waals surface area contributed by atoms with Gasteiger partial charge in [0, 0.05) is 19.2 Å². The second-order valence-electron chi connectivity index (χ2n) is 4.14. The molecule has 0 bridgehead atoms. The Bertz CT molecular complexity index is 332. The van der Waals surface area contributed by atoms with E-state index in [2.05, 4.69) is 15.2 Å². The molecule has 0 spiro atoms. The molecule has 0 saturated heterocycles.